The Hall–Kier alpha value is -2.71. The molecule has 0 aliphatic carbocycles. The molecule has 3 aromatic rings. The number of amides is 1. The SMILES string of the molecule is CCn1c(SCC(=O)Nc2cccc(OC)c2)nnc1C(C)Oc1cccc(Cl)c1. The molecule has 1 N–H and O–H groups in total. The Labute approximate surface area is 184 Å². The summed E-state index contributed by atoms with van der Waals surface area (Å²) in [5.74, 6) is 2.10. The highest BCUT2D eigenvalue weighted by Gasteiger charge is 2.19. The third-order valence-electron chi connectivity index (χ3n) is 4.22. The normalized spacial score (nSPS) is 11.7. The highest BCUT2D eigenvalue weighted by molar-refractivity contribution is 7.99. The van der Waals surface area contributed by atoms with Crippen molar-refractivity contribution >= 4 is 35.0 Å². The lowest BCUT2D eigenvalue weighted by Gasteiger charge is -2.15. The van der Waals surface area contributed by atoms with E-state index in [2.05, 4.69) is 15.5 Å². The maximum Gasteiger partial charge on any atom is 0.234 e. The summed E-state index contributed by atoms with van der Waals surface area (Å²) in [5.41, 5.74) is 0.682. The minimum Gasteiger partial charge on any atom is -0.497 e. The summed E-state index contributed by atoms with van der Waals surface area (Å²) in [5, 5.41) is 12.6. The number of anilines is 1. The highest BCUT2D eigenvalue weighted by atomic mass is 35.5. The van der Waals surface area contributed by atoms with Crippen LogP contribution in [0.25, 0.3) is 0 Å². The number of aromatic nitrogens is 3. The summed E-state index contributed by atoms with van der Waals surface area (Å²) in [6, 6.07) is 14.4. The minimum absolute atomic E-state index is 0.135. The van der Waals surface area contributed by atoms with Gasteiger partial charge in [0.2, 0.25) is 5.91 Å². The van der Waals surface area contributed by atoms with Crippen LogP contribution in [0.4, 0.5) is 5.69 Å². The topological polar surface area (TPSA) is 78.3 Å². The summed E-state index contributed by atoms with van der Waals surface area (Å²) in [7, 11) is 1.59. The van der Waals surface area contributed by atoms with Crippen molar-refractivity contribution in [3.8, 4) is 11.5 Å². The van der Waals surface area contributed by atoms with Crippen molar-refractivity contribution < 1.29 is 14.3 Å². The molecule has 0 radical (unpaired) electrons. The first-order valence-corrected chi connectivity index (χ1v) is 10.8. The molecule has 3 rings (SSSR count). The number of nitrogens with zero attached hydrogens (tertiary/aromatic N) is 3. The fourth-order valence-electron chi connectivity index (χ4n) is 2.83. The van der Waals surface area contributed by atoms with E-state index in [0.717, 1.165) is 0 Å². The van der Waals surface area contributed by atoms with Crippen molar-refractivity contribution in [1.82, 2.24) is 14.8 Å². The van der Waals surface area contributed by atoms with E-state index in [-0.39, 0.29) is 17.8 Å². The first kappa shape index (κ1) is 22.0. The number of carbonyl (C=O) groups excluding carboxylic acids is 1. The van der Waals surface area contributed by atoms with Crippen molar-refractivity contribution in [3.63, 3.8) is 0 Å². The quantitative estimate of drug-likeness (QED) is 0.474. The van der Waals surface area contributed by atoms with Gasteiger partial charge in [-0.25, -0.2) is 0 Å². The molecule has 7 nitrogen and oxygen atoms in total. The van der Waals surface area contributed by atoms with Gasteiger partial charge in [-0.05, 0) is 44.2 Å². The summed E-state index contributed by atoms with van der Waals surface area (Å²) < 4.78 is 13.1. The van der Waals surface area contributed by atoms with Gasteiger partial charge in [0.15, 0.2) is 17.1 Å². The van der Waals surface area contributed by atoms with Gasteiger partial charge in [-0.15, -0.1) is 10.2 Å². The Morgan fingerprint density at radius 2 is 1.97 bits per heavy atom. The number of carbonyl (C=O) groups is 1. The van der Waals surface area contributed by atoms with Gasteiger partial charge in [0.1, 0.15) is 11.5 Å². The molecule has 30 heavy (non-hydrogen) atoms. The Kier molecular flexibility index (Phi) is 7.59. The van der Waals surface area contributed by atoms with Crippen LogP contribution in [0.1, 0.15) is 25.8 Å². The van der Waals surface area contributed by atoms with Crippen molar-refractivity contribution in [2.45, 2.75) is 31.7 Å². The summed E-state index contributed by atoms with van der Waals surface area (Å²) in [6.45, 7) is 4.56. The zero-order valence-electron chi connectivity index (χ0n) is 17.0. The third kappa shape index (κ3) is 5.67. The molecule has 1 atom stereocenters. The molecule has 0 bridgehead atoms. The van der Waals surface area contributed by atoms with Crippen LogP contribution < -0.4 is 14.8 Å². The van der Waals surface area contributed by atoms with Crippen LogP contribution in [0.3, 0.4) is 0 Å². The first-order chi connectivity index (χ1) is 14.5. The third-order valence-corrected chi connectivity index (χ3v) is 5.42. The lowest BCUT2D eigenvalue weighted by atomic mass is 10.3. The number of methoxy groups -OCH3 is 1. The Balaban J connectivity index is 1.62. The van der Waals surface area contributed by atoms with Crippen molar-refractivity contribution in [1.29, 1.82) is 0 Å². The Morgan fingerprint density at radius 1 is 1.20 bits per heavy atom. The lowest BCUT2D eigenvalue weighted by Crippen LogP contribution is -2.15. The molecule has 9 heteroatoms. The number of ether oxygens (including phenoxy) is 2. The van der Waals surface area contributed by atoms with E-state index in [0.29, 0.717) is 39.7 Å². The second-order valence-corrected chi connectivity index (χ2v) is 7.75. The van der Waals surface area contributed by atoms with E-state index in [1.54, 1.807) is 25.3 Å². The van der Waals surface area contributed by atoms with E-state index < -0.39 is 0 Å². The molecule has 158 valence electrons. The molecule has 1 amide bonds. The molecule has 1 unspecified atom stereocenters. The molecule has 1 heterocycles. The summed E-state index contributed by atoms with van der Waals surface area (Å²) in [4.78, 5) is 12.3. The van der Waals surface area contributed by atoms with E-state index in [1.807, 2.05) is 48.7 Å². The number of thioether (sulfide) groups is 1. The number of hydrogen-bond acceptors (Lipinski definition) is 6. The maximum atomic E-state index is 12.3. The van der Waals surface area contributed by atoms with Crippen LogP contribution in [0.5, 0.6) is 11.5 Å². The molecule has 2 aromatic carbocycles. The molecule has 0 aliphatic rings. The van der Waals surface area contributed by atoms with Gasteiger partial charge in [-0.1, -0.05) is 35.5 Å². The average molecular weight is 447 g/mol. The molecule has 0 aliphatic heterocycles. The predicted molar refractivity (Wildman–Crippen MR) is 119 cm³/mol. The van der Waals surface area contributed by atoms with Crippen LogP contribution >= 0.6 is 23.4 Å². The molecular formula is C21H23ClN4O3S. The molecule has 1 aromatic heterocycles. The van der Waals surface area contributed by atoms with E-state index >= 15 is 0 Å². The fourth-order valence-corrected chi connectivity index (χ4v) is 3.82. The summed E-state index contributed by atoms with van der Waals surface area (Å²) in [6.07, 6.45) is -0.323. The van der Waals surface area contributed by atoms with Crippen molar-refractivity contribution in [3.05, 3.63) is 59.4 Å². The smallest absolute Gasteiger partial charge is 0.234 e. The Bertz CT molecular complexity index is 1010. The molecule has 0 fully saturated rings. The second-order valence-electron chi connectivity index (χ2n) is 6.37. The Morgan fingerprint density at radius 3 is 2.70 bits per heavy atom. The monoisotopic (exact) mass is 446 g/mol. The summed E-state index contributed by atoms with van der Waals surface area (Å²) >= 11 is 7.35. The van der Waals surface area contributed by atoms with Crippen molar-refractivity contribution in [2.24, 2.45) is 0 Å². The van der Waals surface area contributed by atoms with E-state index in [1.165, 1.54) is 11.8 Å². The first-order valence-electron chi connectivity index (χ1n) is 9.42. The van der Waals surface area contributed by atoms with E-state index in [9.17, 15) is 4.79 Å². The van der Waals surface area contributed by atoms with Crippen LogP contribution in [-0.2, 0) is 11.3 Å². The molecule has 0 spiro atoms. The van der Waals surface area contributed by atoms with Gasteiger partial charge in [-0.2, -0.15) is 0 Å². The van der Waals surface area contributed by atoms with E-state index in [4.69, 9.17) is 21.1 Å². The predicted octanol–water partition coefficient (Wildman–Crippen LogP) is 4.83. The van der Waals surface area contributed by atoms with Crippen LogP contribution in [0.15, 0.2) is 53.7 Å². The number of halogens is 1. The number of benzene rings is 2. The lowest BCUT2D eigenvalue weighted by molar-refractivity contribution is -0.113. The van der Waals surface area contributed by atoms with Gasteiger partial charge in [-0.3, -0.25) is 4.79 Å². The molecule has 0 saturated heterocycles. The number of rotatable bonds is 9. The molecular weight excluding hydrogens is 424 g/mol. The average Bonchev–Trinajstić information content (AvgIpc) is 3.15. The zero-order chi connectivity index (χ0) is 21.5. The number of nitrogens with one attached hydrogen (secondary N) is 1. The van der Waals surface area contributed by atoms with Gasteiger partial charge in [0.05, 0.1) is 12.9 Å². The minimum atomic E-state index is -0.323. The van der Waals surface area contributed by atoms with Crippen LogP contribution in [0, 0.1) is 0 Å². The van der Waals surface area contributed by atoms with Crippen LogP contribution in [0.2, 0.25) is 5.02 Å². The standard InChI is InChI=1S/C21H23ClN4O3S/c1-4-26-20(14(2)29-18-10-5-7-15(22)11-18)24-25-21(26)30-13-19(27)23-16-8-6-9-17(12-16)28-3/h5-12,14H,4,13H2,1-3H3,(H,23,27). The van der Waals surface area contributed by atoms with Crippen LogP contribution in [-0.4, -0.2) is 33.5 Å². The van der Waals surface area contributed by atoms with Gasteiger partial charge < -0.3 is 19.4 Å². The van der Waals surface area contributed by atoms with Crippen molar-refractivity contribution in [2.75, 3.05) is 18.2 Å². The highest BCUT2D eigenvalue weighted by Crippen LogP contribution is 2.26. The fraction of sp³-hybridized carbons (Fsp3) is 0.286. The largest absolute Gasteiger partial charge is 0.497 e. The zero-order valence-corrected chi connectivity index (χ0v) is 18.5. The van der Waals surface area contributed by atoms with Gasteiger partial charge >= 0.3 is 0 Å². The molecule has 0 saturated carbocycles. The van der Waals surface area contributed by atoms with Gasteiger partial charge in [0.25, 0.3) is 0 Å². The number of hydrogen-bond donors (Lipinski definition) is 1. The second kappa shape index (κ2) is 10.4. The van der Waals surface area contributed by atoms with Gasteiger partial charge in [0, 0.05) is 23.3 Å². The maximum absolute atomic E-state index is 12.3.